The van der Waals surface area contributed by atoms with Crippen LogP contribution in [0.25, 0.3) is 11.4 Å². The molecule has 102 valence electrons. The highest BCUT2D eigenvalue weighted by Crippen LogP contribution is 2.34. The first-order valence-electron chi connectivity index (χ1n) is 5.55. The van der Waals surface area contributed by atoms with Crippen molar-refractivity contribution in [2.24, 2.45) is 0 Å². The summed E-state index contributed by atoms with van der Waals surface area (Å²) in [6, 6.07) is 8.75. The fourth-order valence-corrected chi connectivity index (χ4v) is 2.06. The molecule has 0 aliphatic carbocycles. The van der Waals surface area contributed by atoms with Crippen molar-refractivity contribution in [1.82, 2.24) is 10.1 Å². The average molecular weight is 380 g/mol. The van der Waals surface area contributed by atoms with Crippen molar-refractivity contribution < 1.29 is 18.4 Å². The van der Waals surface area contributed by atoms with E-state index in [4.69, 9.17) is 5.11 Å². The Balaban J connectivity index is 2.21. The monoisotopic (exact) mass is 380 g/mol. The molecule has 0 saturated heterocycles. The maximum Gasteiger partial charge on any atom is 0.326 e. The highest BCUT2D eigenvalue weighted by molar-refractivity contribution is 14.1. The van der Waals surface area contributed by atoms with E-state index in [2.05, 4.69) is 14.7 Å². The number of aliphatic hydroxyl groups is 1. The number of nitrogens with zero attached hydrogens (tertiary/aromatic N) is 2. The molecule has 0 aliphatic heterocycles. The van der Waals surface area contributed by atoms with Crippen LogP contribution < -0.4 is 0 Å². The highest BCUT2D eigenvalue weighted by atomic mass is 127. The SMILES string of the molecule is OCC(I)CC(F)(F)c1nc(-c2ccccc2)no1. The fourth-order valence-electron chi connectivity index (χ4n) is 1.51. The Morgan fingerprint density at radius 2 is 2.00 bits per heavy atom. The van der Waals surface area contributed by atoms with E-state index in [0.29, 0.717) is 5.56 Å². The minimum absolute atomic E-state index is 0.129. The fraction of sp³-hybridized carbons (Fsp3) is 0.333. The second-order valence-electron chi connectivity index (χ2n) is 3.98. The van der Waals surface area contributed by atoms with Gasteiger partial charge in [0.25, 0.3) is 5.89 Å². The molecule has 2 aromatic rings. The van der Waals surface area contributed by atoms with Gasteiger partial charge in [-0.2, -0.15) is 13.8 Å². The van der Waals surface area contributed by atoms with Gasteiger partial charge in [-0.3, -0.25) is 0 Å². The molecular weight excluding hydrogens is 369 g/mol. The molecule has 1 atom stereocenters. The minimum atomic E-state index is -3.24. The molecule has 1 heterocycles. The summed E-state index contributed by atoms with van der Waals surface area (Å²) in [4.78, 5) is 3.73. The lowest BCUT2D eigenvalue weighted by atomic mass is 10.2. The van der Waals surface area contributed by atoms with Crippen molar-refractivity contribution in [3.63, 3.8) is 0 Å². The quantitative estimate of drug-likeness (QED) is 0.640. The summed E-state index contributed by atoms with van der Waals surface area (Å²) < 4.78 is 31.7. The van der Waals surface area contributed by atoms with Crippen molar-refractivity contribution in [2.45, 2.75) is 16.3 Å². The van der Waals surface area contributed by atoms with Gasteiger partial charge in [0.1, 0.15) is 0 Å². The van der Waals surface area contributed by atoms with Gasteiger partial charge in [-0.05, 0) is 0 Å². The van der Waals surface area contributed by atoms with Crippen molar-refractivity contribution in [3.05, 3.63) is 36.2 Å². The normalized spacial score (nSPS) is 13.5. The molecule has 7 heteroatoms. The van der Waals surface area contributed by atoms with Crippen molar-refractivity contribution >= 4 is 22.6 Å². The van der Waals surface area contributed by atoms with E-state index in [-0.39, 0.29) is 12.4 Å². The molecule has 1 aromatic carbocycles. The van der Waals surface area contributed by atoms with Crippen LogP contribution in [0.3, 0.4) is 0 Å². The third kappa shape index (κ3) is 3.47. The smallest absolute Gasteiger partial charge is 0.326 e. The molecular formula is C12H11F2IN2O2. The number of halogens is 3. The molecule has 0 spiro atoms. The lowest BCUT2D eigenvalue weighted by Crippen LogP contribution is -2.21. The number of alkyl halides is 3. The zero-order valence-corrected chi connectivity index (χ0v) is 11.9. The number of rotatable bonds is 5. The predicted octanol–water partition coefficient (Wildman–Crippen LogP) is 3.01. The van der Waals surface area contributed by atoms with Crippen LogP contribution in [0.15, 0.2) is 34.9 Å². The highest BCUT2D eigenvalue weighted by Gasteiger charge is 2.40. The maximum absolute atomic E-state index is 13.8. The van der Waals surface area contributed by atoms with Crippen LogP contribution in [-0.2, 0) is 5.92 Å². The Kier molecular flexibility index (Phi) is 4.46. The molecule has 1 unspecified atom stereocenters. The van der Waals surface area contributed by atoms with Crippen LogP contribution in [-0.4, -0.2) is 25.8 Å². The summed E-state index contributed by atoms with van der Waals surface area (Å²) in [5, 5.41) is 12.4. The van der Waals surface area contributed by atoms with Gasteiger partial charge in [0, 0.05) is 15.9 Å². The number of aromatic nitrogens is 2. The van der Waals surface area contributed by atoms with Crippen LogP contribution in [0, 0.1) is 0 Å². The number of hydrogen-bond acceptors (Lipinski definition) is 4. The largest absolute Gasteiger partial charge is 0.395 e. The molecule has 1 aromatic heterocycles. The summed E-state index contributed by atoms with van der Waals surface area (Å²) in [5.74, 6) is -3.83. The van der Waals surface area contributed by atoms with Crippen molar-refractivity contribution in [2.75, 3.05) is 6.61 Å². The third-order valence-electron chi connectivity index (χ3n) is 2.45. The van der Waals surface area contributed by atoms with Gasteiger partial charge in [-0.25, -0.2) is 0 Å². The molecule has 19 heavy (non-hydrogen) atoms. The summed E-state index contributed by atoms with van der Waals surface area (Å²) in [5.41, 5.74) is 0.612. The molecule has 2 rings (SSSR count). The number of aliphatic hydroxyl groups excluding tert-OH is 1. The Labute approximate surface area is 122 Å². The van der Waals surface area contributed by atoms with Gasteiger partial charge < -0.3 is 9.63 Å². The van der Waals surface area contributed by atoms with Gasteiger partial charge in [-0.1, -0.05) is 58.1 Å². The van der Waals surface area contributed by atoms with E-state index in [1.807, 2.05) is 0 Å². The molecule has 0 amide bonds. The average Bonchev–Trinajstić information content (AvgIpc) is 2.89. The minimum Gasteiger partial charge on any atom is -0.395 e. The van der Waals surface area contributed by atoms with Gasteiger partial charge in [0.2, 0.25) is 5.82 Å². The Morgan fingerprint density at radius 1 is 1.32 bits per heavy atom. The van der Waals surface area contributed by atoms with E-state index in [1.165, 1.54) is 0 Å². The second-order valence-corrected chi connectivity index (χ2v) is 5.74. The Morgan fingerprint density at radius 3 is 2.63 bits per heavy atom. The maximum atomic E-state index is 13.8. The zero-order valence-electron chi connectivity index (χ0n) is 9.76. The molecule has 0 bridgehead atoms. The molecule has 0 fully saturated rings. The van der Waals surface area contributed by atoms with Crippen LogP contribution >= 0.6 is 22.6 Å². The first-order valence-corrected chi connectivity index (χ1v) is 6.80. The summed E-state index contributed by atoms with van der Waals surface area (Å²) >= 11 is 1.76. The van der Waals surface area contributed by atoms with E-state index in [9.17, 15) is 8.78 Å². The molecule has 4 nitrogen and oxygen atoms in total. The molecule has 0 radical (unpaired) electrons. The Bertz CT molecular complexity index is 534. The van der Waals surface area contributed by atoms with E-state index < -0.39 is 22.2 Å². The molecule has 1 N–H and O–H groups in total. The first-order chi connectivity index (χ1) is 9.03. The zero-order chi connectivity index (χ0) is 13.9. The topological polar surface area (TPSA) is 59.2 Å². The van der Waals surface area contributed by atoms with Gasteiger partial charge in [0.05, 0.1) is 6.61 Å². The van der Waals surface area contributed by atoms with E-state index >= 15 is 0 Å². The van der Waals surface area contributed by atoms with Crippen molar-refractivity contribution in [3.8, 4) is 11.4 Å². The standard InChI is InChI=1S/C12H11F2IN2O2/c13-12(14,6-9(15)7-18)11-16-10(17-19-11)8-4-2-1-3-5-8/h1-5,9,18H,6-7H2. The lowest BCUT2D eigenvalue weighted by Gasteiger charge is -2.13. The van der Waals surface area contributed by atoms with Gasteiger partial charge in [0.15, 0.2) is 0 Å². The van der Waals surface area contributed by atoms with E-state index in [1.54, 1.807) is 52.9 Å². The molecule has 0 aliphatic rings. The van der Waals surface area contributed by atoms with Crippen molar-refractivity contribution in [1.29, 1.82) is 0 Å². The first kappa shape index (κ1) is 14.3. The van der Waals surface area contributed by atoms with Crippen LogP contribution in [0.4, 0.5) is 8.78 Å². The van der Waals surface area contributed by atoms with Gasteiger partial charge in [-0.15, -0.1) is 0 Å². The summed E-state index contributed by atoms with van der Waals surface area (Å²) in [6.07, 6.45) is -0.541. The van der Waals surface area contributed by atoms with Crippen LogP contribution in [0.2, 0.25) is 0 Å². The van der Waals surface area contributed by atoms with Gasteiger partial charge >= 0.3 is 5.92 Å². The second kappa shape index (κ2) is 5.91. The van der Waals surface area contributed by atoms with E-state index in [0.717, 1.165) is 0 Å². The number of benzene rings is 1. The van der Waals surface area contributed by atoms with Crippen LogP contribution in [0.1, 0.15) is 12.3 Å². The third-order valence-corrected chi connectivity index (χ3v) is 3.28. The predicted molar refractivity (Wildman–Crippen MR) is 73.1 cm³/mol. The lowest BCUT2D eigenvalue weighted by molar-refractivity contribution is -0.0451. The Hall–Kier alpha value is -1.09. The summed E-state index contributed by atoms with van der Waals surface area (Å²) in [6.45, 7) is -0.324. The summed E-state index contributed by atoms with van der Waals surface area (Å²) in [7, 11) is 0. The molecule has 0 saturated carbocycles. The van der Waals surface area contributed by atoms with Crippen LogP contribution in [0.5, 0.6) is 0 Å². The number of hydrogen-bond donors (Lipinski definition) is 1.